The van der Waals surface area contributed by atoms with Gasteiger partial charge in [-0.05, 0) is 25.5 Å². The predicted octanol–water partition coefficient (Wildman–Crippen LogP) is 0.807. The number of pyridine rings is 1. The van der Waals surface area contributed by atoms with Crippen LogP contribution in [0.3, 0.4) is 0 Å². The maximum absolute atomic E-state index is 12.4. The van der Waals surface area contributed by atoms with Crippen molar-refractivity contribution in [3.8, 4) is 0 Å². The van der Waals surface area contributed by atoms with E-state index in [9.17, 15) is 4.79 Å². The molecular formula is C14H21N3O2. The Morgan fingerprint density at radius 2 is 2.42 bits per heavy atom. The van der Waals surface area contributed by atoms with Crippen LogP contribution in [0, 0.1) is 0 Å². The predicted molar refractivity (Wildman–Crippen MR) is 72.5 cm³/mol. The number of methoxy groups -OCH3 is 1. The van der Waals surface area contributed by atoms with Crippen molar-refractivity contribution in [1.82, 2.24) is 15.2 Å². The molecular weight excluding hydrogens is 242 g/mol. The molecule has 5 heteroatoms. The lowest BCUT2D eigenvalue weighted by Gasteiger charge is -2.24. The Labute approximate surface area is 114 Å². The number of nitrogens with one attached hydrogen (secondary N) is 1. The molecule has 5 nitrogen and oxygen atoms in total. The van der Waals surface area contributed by atoms with E-state index in [0.717, 1.165) is 18.7 Å². The minimum absolute atomic E-state index is 0.131. The standard InChI is InChI=1S/C14H21N3O2/c1-3-17(10-11-6-4-5-7-15-11)14(18)13-8-12(19-2)9-16-13/h4-7,12-13,16H,3,8-10H2,1-2H3. The summed E-state index contributed by atoms with van der Waals surface area (Å²) < 4.78 is 5.28. The van der Waals surface area contributed by atoms with E-state index in [2.05, 4.69) is 10.3 Å². The molecule has 104 valence electrons. The number of hydrogen-bond acceptors (Lipinski definition) is 4. The van der Waals surface area contributed by atoms with Crippen molar-refractivity contribution in [3.63, 3.8) is 0 Å². The second kappa shape index (κ2) is 6.63. The number of ether oxygens (including phenoxy) is 1. The van der Waals surface area contributed by atoms with Gasteiger partial charge in [-0.15, -0.1) is 0 Å². The summed E-state index contributed by atoms with van der Waals surface area (Å²) in [6.45, 7) is 3.98. The quantitative estimate of drug-likeness (QED) is 0.854. The Bertz CT molecular complexity index is 410. The third-order valence-electron chi connectivity index (χ3n) is 3.49. The van der Waals surface area contributed by atoms with E-state index in [-0.39, 0.29) is 18.1 Å². The van der Waals surface area contributed by atoms with E-state index < -0.39 is 0 Å². The van der Waals surface area contributed by atoms with Crippen LogP contribution in [0.25, 0.3) is 0 Å². The van der Waals surface area contributed by atoms with E-state index in [1.807, 2.05) is 30.0 Å². The first-order chi connectivity index (χ1) is 9.24. The van der Waals surface area contributed by atoms with E-state index in [1.165, 1.54) is 0 Å². The molecule has 0 spiro atoms. The third kappa shape index (κ3) is 3.52. The minimum Gasteiger partial charge on any atom is -0.380 e. The summed E-state index contributed by atoms with van der Waals surface area (Å²) >= 11 is 0. The van der Waals surface area contributed by atoms with E-state index >= 15 is 0 Å². The molecule has 0 saturated carbocycles. The van der Waals surface area contributed by atoms with Gasteiger partial charge in [-0.25, -0.2) is 0 Å². The van der Waals surface area contributed by atoms with Crippen LogP contribution in [-0.4, -0.2) is 48.1 Å². The average molecular weight is 263 g/mol. The monoisotopic (exact) mass is 263 g/mol. The molecule has 1 N–H and O–H groups in total. The lowest BCUT2D eigenvalue weighted by Crippen LogP contribution is -2.43. The van der Waals surface area contributed by atoms with Crippen LogP contribution in [0.5, 0.6) is 0 Å². The molecule has 1 fully saturated rings. The minimum atomic E-state index is -0.131. The second-order valence-electron chi connectivity index (χ2n) is 4.73. The maximum Gasteiger partial charge on any atom is 0.240 e. The highest BCUT2D eigenvalue weighted by Gasteiger charge is 2.31. The molecule has 2 rings (SSSR count). The van der Waals surface area contributed by atoms with Crippen molar-refractivity contribution in [2.24, 2.45) is 0 Å². The highest BCUT2D eigenvalue weighted by molar-refractivity contribution is 5.82. The number of carbonyl (C=O) groups is 1. The average Bonchev–Trinajstić information content (AvgIpc) is 2.94. The fourth-order valence-corrected chi connectivity index (χ4v) is 2.32. The van der Waals surface area contributed by atoms with Crippen molar-refractivity contribution in [3.05, 3.63) is 30.1 Å². The summed E-state index contributed by atoms with van der Waals surface area (Å²) in [7, 11) is 1.69. The number of carbonyl (C=O) groups excluding carboxylic acids is 1. The molecule has 1 amide bonds. The smallest absolute Gasteiger partial charge is 0.240 e. The third-order valence-corrected chi connectivity index (χ3v) is 3.49. The lowest BCUT2D eigenvalue weighted by atomic mass is 10.1. The molecule has 1 aliphatic rings. The van der Waals surface area contributed by atoms with Gasteiger partial charge in [0.15, 0.2) is 0 Å². The molecule has 0 aliphatic carbocycles. The fourth-order valence-electron chi connectivity index (χ4n) is 2.32. The molecule has 2 heterocycles. The first-order valence-electron chi connectivity index (χ1n) is 6.69. The van der Waals surface area contributed by atoms with Crippen LogP contribution in [0.4, 0.5) is 0 Å². The number of nitrogens with zero attached hydrogens (tertiary/aromatic N) is 2. The molecule has 1 saturated heterocycles. The van der Waals surface area contributed by atoms with Crippen molar-refractivity contribution in [1.29, 1.82) is 0 Å². The molecule has 2 atom stereocenters. The molecule has 0 bridgehead atoms. The summed E-state index contributed by atoms with van der Waals surface area (Å²) in [5.41, 5.74) is 0.916. The lowest BCUT2D eigenvalue weighted by molar-refractivity contribution is -0.133. The molecule has 1 aromatic heterocycles. The Balaban J connectivity index is 1.96. The van der Waals surface area contributed by atoms with E-state index in [1.54, 1.807) is 13.3 Å². The van der Waals surface area contributed by atoms with Crippen molar-refractivity contribution >= 4 is 5.91 Å². The van der Waals surface area contributed by atoms with Gasteiger partial charge in [0.05, 0.1) is 24.4 Å². The largest absolute Gasteiger partial charge is 0.380 e. The fraction of sp³-hybridized carbons (Fsp3) is 0.571. The highest BCUT2D eigenvalue weighted by atomic mass is 16.5. The van der Waals surface area contributed by atoms with Crippen LogP contribution in [0.1, 0.15) is 19.0 Å². The van der Waals surface area contributed by atoms with E-state index in [4.69, 9.17) is 4.74 Å². The van der Waals surface area contributed by atoms with Crippen molar-refractivity contribution in [2.45, 2.75) is 32.0 Å². The molecule has 0 radical (unpaired) electrons. The van der Waals surface area contributed by atoms with Crippen LogP contribution in [0.2, 0.25) is 0 Å². The Morgan fingerprint density at radius 1 is 1.58 bits per heavy atom. The van der Waals surface area contributed by atoms with Gasteiger partial charge in [-0.3, -0.25) is 9.78 Å². The number of likely N-dealkylation sites (N-methyl/N-ethyl adjacent to an activating group) is 1. The van der Waals surface area contributed by atoms with Crippen molar-refractivity contribution in [2.75, 3.05) is 20.2 Å². The van der Waals surface area contributed by atoms with Gasteiger partial charge in [0.2, 0.25) is 5.91 Å². The Hall–Kier alpha value is -1.46. The van der Waals surface area contributed by atoms with Crippen LogP contribution in [-0.2, 0) is 16.1 Å². The first kappa shape index (κ1) is 14.0. The van der Waals surface area contributed by atoms with Crippen LogP contribution < -0.4 is 5.32 Å². The zero-order chi connectivity index (χ0) is 13.7. The number of aromatic nitrogens is 1. The molecule has 1 aromatic rings. The molecule has 2 unspecified atom stereocenters. The number of hydrogen-bond donors (Lipinski definition) is 1. The van der Waals surface area contributed by atoms with Gasteiger partial charge in [0.1, 0.15) is 0 Å². The zero-order valence-corrected chi connectivity index (χ0v) is 11.5. The SMILES string of the molecule is CCN(Cc1ccccn1)C(=O)C1CC(OC)CN1. The molecule has 1 aliphatic heterocycles. The van der Waals surface area contributed by atoms with Gasteiger partial charge in [0.25, 0.3) is 0 Å². The highest BCUT2D eigenvalue weighted by Crippen LogP contribution is 2.13. The van der Waals surface area contributed by atoms with Crippen molar-refractivity contribution < 1.29 is 9.53 Å². The zero-order valence-electron chi connectivity index (χ0n) is 11.5. The topological polar surface area (TPSA) is 54.5 Å². The summed E-state index contributed by atoms with van der Waals surface area (Å²) in [6.07, 6.45) is 2.64. The van der Waals surface area contributed by atoms with Crippen LogP contribution in [0.15, 0.2) is 24.4 Å². The first-order valence-corrected chi connectivity index (χ1v) is 6.69. The summed E-state index contributed by atoms with van der Waals surface area (Å²) in [6, 6.07) is 5.63. The summed E-state index contributed by atoms with van der Waals surface area (Å²) in [5.74, 6) is 0.132. The van der Waals surface area contributed by atoms with Gasteiger partial charge in [0, 0.05) is 26.4 Å². The van der Waals surface area contributed by atoms with E-state index in [0.29, 0.717) is 13.1 Å². The summed E-state index contributed by atoms with van der Waals surface area (Å²) in [5, 5.41) is 3.22. The Kier molecular flexibility index (Phi) is 4.87. The summed E-state index contributed by atoms with van der Waals surface area (Å²) in [4.78, 5) is 18.5. The Morgan fingerprint density at radius 3 is 3.00 bits per heavy atom. The van der Waals surface area contributed by atoms with Gasteiger partial charge >= 0.3 is 0 Å². The molecule has 19 heavy (non-hydrogen) atoms. The van der Waals surface area contributed by atoms with Gasteiger partial charge in [-0.2, -0.15) is 0 Å². The maximum atomic E-state index is 12.4. The number of amides is 1. The number of rotatable bonds is 5. The van der Waals surface area contributed by atoms with Gasteiger partial charge < -0.3 is 15.0 Å². The normalized spacial score (nSPS) is 22.4. The van der Waals surface area contributed by atoms with Gasteiger partial charge in [-0.1, -0.05) is 6.07 Å². The second-order valence-corrected chi connectivity index (χ2v) is 4.73. The molecule has 0 aromatic carbocycles. The van der Waals surface area contributed by atoms with Crippen LogP contribution >= 0.6 is 0 Å².